The molecule has 1 fully saturated rings. The van der Waals surface area contributed by atoms with Gasteiger partial charge in [-0.2, -0.15) is 4.98 Å². The Morgan fingerprint density at radius 2 is 2.00 bits per heavy atom. The van der Waals surface area contributed by atoms with Crippen molar-refractivity contribution in [3.8, 4) is 0 Å². The van der Waals surface area contributed by atoms with Crippen molar-refractivity contribution in [2.24, 2.45) is 0 Å². The average molecular weight is 263 g/mol. The summed E-state index contributed by atoms with van der Waals surface area (Å²) >= 11 is 0. The molecule has 5 nitrogen and oxygen atoms in total. The van der Waals surface area contributed by atoms with Gasteiger partial charge in [0.05, 0.1) is 0 Å². The van der Waals surface area contributed by atoms with Gasteiger partial charge in [-0.05, 0) is 38.4 Å². The smallest absolute Gasteiger partial charge is 0.224 e. The van der Waals surface area contributed by atoms with E-state index in [0.29, 0.717) is 5.95 Å². The molecule has 19 heavy (non-hydrogen) atoms. The third-order valence-electron chi connectivity index (χ3n) is 3.37. The number of nitrogens with zero attached hydrogens (tertiary/aromatic N) is 3. The number of hydrogen-bond donors (Lipinski definition) is 2. The molecule has 0 amide bonds. The minimum atomic E-state index is 0.713. The molecule has 2 rings (SSSR count). The molecule has 0 aliphatic carbocycles. The van der Waals surface area contributed by atoms with E-state index in [1.165, 1.54) is 32.4 Å². The molecule has 1 aromatic rings. The van der Waals surface area contributed by atoms with Crippen LogP contribution in [-0.2, 0) is 0 Å². The van der Waals surface area contributed by atoms with Crippen LogP contribution in [0.3, 0.4) is 0 Å². The first-order valence-corrected chi connectivity index (χ1v) is 7.41. The molecule has 0 spiro atoms. The topological polar surface area (TPSA) is 53.1 Å². The van der Waals surface area contributed by atoms with Crippen LogP contribution < -0.4 is 10.6 Å². The summed E-state index contributed by atoms with van der Waals surface area (Å²) in [5, 5.41) is 6.58. The van der Waals surface area contributed by atoms with Crippen molar-refractivity contribution in [1.29, 1.82) is 0 Å². The molecule has 106 valence electrons. The van der Waals surface area contributed by atoms with Crippen molar-refractivity contribution in [2.75, 3.05) is 43.4 Å². The maximum absolute atomic E-state index is 4.44. The van der Waals surface area contributed by atoms with Crippen LogP contribution in [0.1, 0.15) is 32.6 Å². The first-order valence-electron chi connectivity index (χ1n) is 7.41. The Morgan fingerprint density at radius 3 is 2.79 bits per heavy atom. The van der Waals surface area contributed by atoms with Crippen LogP contribution >= 0.6 is 0 Å². The van der Waals surface area contributed by atoms with Crippen molar-refractivity contribution >= 4 is 11.8 Å². The first kappa shape index (κ1) is 14.1. The van der Waals surface area contributed by atoms with E-state index in [0.717, 1.165) is 31.9 Å². The lowest BCUT2D eigenvalue weighted by Crippen LogP contribution is -2.33. The fraction of sp³-hybridized carbons (Fsp3) is 0.714. The number of nitrogens with one attached hydrogen (secondary N) is 2. The van der Waals surface area contributed by atoms with E-state index in [2.05, 4.69) is 32.4 Å². The summed E-state index contributed by atoms with van der Waals surface area (Å²) in [6, 6.07) is 1.92. The monoisotopic (exact) mass is 263 g/mol. The largest absolute Gasteiger partial charge is 0.369 e. The van der Waals surface area contributed by atoms with Crippen molar-refractivity contribution in [3.63, 3.8) is 0 Å². The van der Waals surface area contributed by atoms with E-state index >= 15 is 0 Å². The predicted molar refractivity (Wildman–Crippen MR) is 79.6 cm³/mol. The van der Waals surface area contributed by atoms with Gasteiger partial charge in [-0.15, -0.1) is 0 Å². The van der Waals surface area contributed by atoms with Crippen molar-refractivity contribution < 1.29 is 0 Å². The minimum absolute atomic E-state index is 0.713. The molecule has 0 saturated carbocycles. The van der Waals surface area contributed by atoms with Gasteiger partial charge in [0.2, 0.25) is 5.95 Å². The van der Waals surface area contributed by atoms with Crippen LogP contribution in [0.2, 0.25) is 0 Å². The van der Waals surface area contributed by atoms with Gasteiger partial charge in [-0.25, -0.2) is 4.98 Å². The van der Waals surface area contributed by atoms with Gasteiger partial charge in [0.15, 0.2) is 0 Å². The van der Waals surface area contributed by atoms with E-state index < -0.39 is 0 Å². The SMILES string of the molecule is CCCNc1nccc(NCCN2CCCCC2)n1. The summed E-state index contributed by atoms with van der Waals surface area (Å²) in [7, 11) is 0. The lowest BCUT2D eigenvalue weighted by molar-refractivity contribution is 0.237. The fourth-order valence-electron chi connectivity index (χ4n) is 2.30. The van der Waals surface area contributed by atoms with Crippen LogP contribution in [0.25, 0.3) is 0 Å². The van der Waals surface area contributed by atoms with Crippen LogP contribution in [0.15, 0.2) is 12.3 Å². The Labute approximate surface area is 115 Å². The number of likely N-dealkylation sites (tertiary alicyclic amines) is 1. The maximum Gasteiger partial charge on any atom is 0.224 e. The molecule has 1 aliphatic rings. The highest BCUT2D eigenvalue weighted by atomic mass is 15.2. The highest BCUT2D eigenvalue weighted by molar-refractivity contribution is 5.39. The highest BCUT2D eigenvalue weighted by Gasteiger charge is 2.09. The van der Waals surface area contributed by atoms with E-state index in [1.807, 2.05) is 6.07 Å². The second-order valence-electron chi connectivity index (χ2n) is 5.02. The minimum Gasteiger partial charge on any atom is -0.369 e. The van der Waals surface area contributed by atoms with Gasteiger partial charge < -0.3 is 15.5 Å². The summed E-state index contributed by atoms with van der Waals surface area (Å²) in [4.78, 5) is 11.2. The molecule has 2 N–H and O–H groups in total. The molecular weight excluding hydrogens is 238 g/mol. The van der Waals surface area contributed by atoms with Gasteiger partial charge >= 0.3 is 0 Å². The third kappa shape index (κ3) is 5.03. The molecule has 2 heterocycles. The average Bonchev–Trinajstić information content (AvgIpc) is 2.47. The zero-order chi connectivity index (χ0) is 13.3. The number of hydrogen-bond acceptors (Lipinski definition) is 5. The zero-order valence-electron chi connectivity index (χ0n) is 11.9. The Balaban J connectivity index is 1.72. The van der Waals surface area contributed by atoms with Crippen LogP contribution in [0.4, 0.5) is 11.8 Å². The van der Waals surface area contributed by atoms with E-state index in [9.17, 15) is 0 Å². The predicted octanol–water partition coefficient (Wildman–Crippen LogP) is 2.20. The number of anilines is 2. The molecule has 1 saturated heterocycles. The molecule has 0 aromatic carbocycles. The Hall–Kier alpha value is -1.36. The van der Waals surface area contributed by atoms with Gasteiger partial charge in [0.1, 0.15) is 5.82 Å². The Kier molecular flexibility index (Phi) is 5.88. The third-order valence-corrected chi connectivity index (χ3v) is 3.37. The van der Waals surface area contributed by atoms with Crippen LogP contribution in [-0.4, -0.2) is 47.6 Å². The van der Waals surface area contributed by atoms with E-state index in [1.54, 1.807) is 6.20 Å². The van der Waals surface area contributed by atoms with Crippen molar-refractivity contribution in [1.82, 2.24) is 14.9 Å². The molecule has 0 radical (unpaired) electrons. The van der Waals surface area contributed by atoms with Gasteiger partial charge in [0.25, 0.3) is 0 Å². The zero-order valence-corrected chi connectivity index (χ0v) is 11.9. The summed E-state index contributed by atoms with van der Waals surface area (Å²) < 4.78 is 0. The lowest BCUT2D eigenvalue weighted by Gasteiger charge is -2.26. The summed E-state index contributed by atoms with van der Waals surface area (Å²) in [5.74, 6) is 1.62. The maximum atomic E-state index is 4.44. The van der Waals surface area contributed by atoms with Gasteiger partial charge in [0, 0.05) is 25.8 Å². The number of aromatic nitrogens is 2. The molecule has 0 unspecified atom stereocenters. The summed E-state index contributed by atoms with van der Waals surface area (Å²) in [6.07, 6.45) is 6.96. The summed E-state index contributed by atoms with van der Waals surface area (Å²) in [6.45, 7) is 7.58. The quantitative estimate of drug-likeness (QED) is 0.790. The second-order valence-corrected chi connectivity index (χ2v) is 5.02. The highest BCUT2D eigenvalue weighted by Crippen LogP contribution is 2.09. The van der Waals surface area contributed by atoms with Crippen LogP contribution in [0.5, 0.6) is 0 Å². The molecule has 1 aromatic heterocycles. The first-order chi connectivity index (χ1) is 9.38. The Bertz CT molecular complexity index is 363. The van der Waals surface area contributed by atoms with Crippen molar-refractivity contribution in [2.45, 2.75) is 32.6 Å². The van der Waals surface area contributed by atoms with Gasteiger partial charge in [-0.1, -0.05) is 13.3 Å². The normalized spacial score (nSPS) is 16.3. The molecule has 0 bridgehead atoms. The lowest BCUT2D eigenvalue weighted by atomic mass is 10.1. The van der Waals surface area contributed by atoms with E-state index in [-0.39, 0.29) is 0 Å². The van der Waals surface area contributed by atoms with Crippen molar-refractivity contribution in [3.05, 3.63) is 12.3 Å². The molecule has 0 atom stereocenters. The van der Waals surface area contributed by atoms with Gasteiger partial charge in [-0.3, -0.25) is 0 Å². The van der Waals surface area contributed by atoms with Crippen LogP contribution in [0, 0.1) is 0 Å². The molecular formula is C14H25N5. The molecule has 5 heteroatoms. The summed E-state index contributed by atoms with van der Waals surface area (Å²) in [5.41, 5.74) is 0. The number of rotatable bonds is 7. The molecule has 1 aliphatic heterocycles. The van der Waals surface area contributed by atoms with E-state index in [4.69, 9.17) is 0 Å². The standard InChI is InChI=1S/C14H25N5/c1-2-7-16-14-17-8-6-13(18-14)15-9-12-19-10-4-3-5-11-19/h6,8H,2-5,7,9-12H2,1H3,(H2,15,16,17,18). The number of piperidine rings is 1. The Morgan fingerprint density at radius 1 is 1.16 bits per heavy atom. The fourth-order valence-corrected chi connectivity index (χ4v) is 2.30. The second kappa shape index (κ2) is 7.94.